The van der Waals surface area contributed by atoms with Crippen molar-refractivity contribution in [2.45, 2.75) is 78.0 Å². The Morgan fingerprint density at radius 3 is 2.51 bits per heavy atom. The Bertz CT molecular complexity index is 2730. The number of benzene rings is 3. The lowest BCUT2D eigenvalue weighted by Crippen LogP contribution is -2.54. The van der Waals surface area contributed by atoms with E-state index < -0.39 is 29.7 Å². The molecule has 2 aliphatic heterocycles. The van der Waals surface area contributed by atoms with Gasteiger partial charge >= 0.3 is 0 Å². The molecular formula is C49H50N8O10. The van der Waals surface area contributed by atoms with E-state index in [0.29, 0.717) is 84.3 Å². The summed E-state index contributed by atoms with van der Waals surface area (Å²) >= 11 is 0. The van der Waals surface area contributed by atoms with Gasteiger partial charge < -0.3 is 24.8 Å². The van der Waals surface area contributed by atoms with Crippen molar-refractivity contribution in [2.24, 2.45) is 0 Å². The van der Waals surface area contributed by atoms with Crippen LogP contribution in [0, 0.1) is 0 Å². The number of hydrogen-bond donors (Lipinski definition) is 3. The number of ketones is 1. The molecule has 0 radical (unpaired) electrons. The number of carbonyl (C=O) groups is 7. The number of piperidine rings is 1. The largest absolute Gasteiger partial charge is 0.493 e. The van der Waals surface area contributed by atoms with Crippen molar-refractivity contribution < 1.29 is 47.8 Å². The average Bonchev–Trinajstić information content (AvgIpc) is 3.89. The summed E-state index contributed by atoms with van der Waals surface area (Å²) < 4.78 is 19.1. The zero-order chi connectivity index (χ0) is 47.5. The Morgan fingerprint density at radius 2 is 1.75 bits per heavy atom. The summed E-state index contributed by atoms with van der Waals surface area (Å²) in [7, 11) is 1.53. The fourth-order valence-corrected chi connectivity index (χ4v) is 7.76. The van der Waals surface area contributed by atoms with E-state index >= 15 is 0 Å². The van der Waals surface area contributed by atoms with Gasteiger partial charge in [-0.15, -0.1) is 5.10 Å². The second-order valence-corrected chi connectivity index (χ2v) is 15.8. The number of para-hydroxylation sites is 1. The van der Waals surface area contributed by atoms with E-state index in [1.54, 1.807) is 47.4 Å². The highest BCUT2D eigenvalue weighted by atomic mass is 16.5. The quantitative estimate of drug-likeness (QED) is 0.0358. The van der Waals surface area contributed by atoms with Crippen LogP contribution in [0.4, 0.5) is 5.69 Å². The molecule has 0 saturated carbocycles. The van der Waals surface area contributed by atoms with Crippen LogP contribution in [0.3, 0.4) is 0 Å². The second kappa shape index (κ2) is 21.8. The molecular weight excluding hydrogens is 861 g/mol. The predicted octanol–water partition coefficient (Wildman–Crippen LogP) is 5.50. The van der Waals surface area contributed by atoms with Gasteiger partial charge in [0.2, 0.25) is 23.6 Å². The summed E-state index contributed by atoms with van der Waals surface area (Å²) in [5, 5.41) is 16.2. The highest BCUT2D eigenvalue weighted by molar-refractivity contribution is 6.26. The molecule has 3 aromatic carbocycles. The number of anilines is 1. The van der Waals surface area contributed by atoms with E-state index in [1.165, 1.54) is 26.2 Å². The van der Waals surface area contributed by atoms with Crippen LogP contribution < -0.4 is 30.2 Å². The summed E-state index contributed by atoms with van der Waals surface area (Å²) in [6, 6.07) is 18.0. The first-order valence-corrected chi connectivity index (χ1v) is 22.0. The van der Waals surface area contributed by atoms with Crippen LogP contribution in [0.2, 0.25) is 0 Å². The van der Waals surface area contributed by atoms with Gasteiger partial charge in [-0.1, -0.05) is 42.0 Å². The minimum Gasteiger partial charge on any atom is -0.493 e. The average molecular weight is 911 g/mol. The van der Waals surface area contributed by atoms with E-state index in [0.717, 1.165) is 16.9 Å². The van der Waals surface area contributed by atoms with Gasteiger partial charge in [0.25, 0.3) is 11.8 Å². The zero-order valence-electron chi connectivity index (χ0n) is 37.3. The number of nitrogens with zero attached hydrogens (tertiary/aromatic N) is 5. The van der Waals surface area contributed by atoms with Crippen LogP contribution in [0.1, 0.15) is 100 Å². The number of amides is 6. The number of fused-ring (bicyclic) bond motifs is 1. The summed E-state index contributed by atoms with van der Waals surface area (Å²) in [5.74, 6) is -1.70. The minimum atomic E-state index is -1.10. The van der Waals surface area contributed by atoms with Crippen molar-refractivity contribution in [1.29, 1.82) is 0 Å². The lowest BCUT2D eigenvalue weighted by molar-refractivity contribution is -0.136. The lowest BCUT2D eigenvalue weighted by atomic mass is 9.98. The third kappa shape index (κ3) is 11.4. The topological polar surface area (TPSA) is 230 Å². The normalized spacial score (nSPS) is 14.5. The molecule has 4 heterocycles. The van der Waals surface area contributed by atoms with Crippen LogP contribution in [0.5, 0.6) is 17.2 Å². The van der Waals surface area contributed by atoms with Gasteiger partial charge in [-0.3, -0.25) is 53.4 Å². The molecule has 18 heteroatoms. The van der Waals surface area contributed by atoms with Crippen molar-refractivity contribution in [2.75, 3.05) is 25.6 Å². The Morgan fingerprint density at radius 1 is 0.910 bits per heavy atom. The van der Waals surface area contributed by atoms with Gasteiger partial charge in [0.15, 0.2) is 17.3 Å². The molecule has 346 valence electrons. The van der Waals surface area contributed by atoms with E-state index in [-0.39, 0.29) is 60.3 Å². The number of aryl methyl sites for hydroxylation is 1. The molecule has 6 amide bonds. The molecule has 1 unspecified atom stereocenters. The summed E-state index contributed by atoms with van der Waals surface area (Å²) in [6.07, 6.45) is 9.33. The monoisotopic (exact) mass is 910 g/mol. The summed E-state index contributed by atoms with van der Waals surface area (Å²) in [4.78, 5) is 94.0. The molecule has 2 aromatic heterocycles. The van der Waals surface area contributed by atoms with E-state index in [4.69, 9.17) is 14.2 Å². The van der Waals surface area contributed by atoms with E-state index in [9.17, 15) is 33.6 Å². The van der Waals surface area contributed by atoms with Crippen LogP contribution in [-0.4, -0.2) is 92.4 Å². The number of rotatable bonds is 21. The highest BCUT2D eigenvalue weighted by Gasteiger charge is 2.45. The molecule has 1 saturated heterocycles. The van der Waals surface area contributed by atoms with Crippen LogP contribution >= 0.6 is 0 Å². The van der Waals surface area contributed by atoms with Crippen molar-refractivity contribution in [3.05, 3.63) is 119 Å². The van der Waals surface area contributed by atoms with Gasteiger partial charge in [0.05, 0.1) is 42.4 Å². The molecule has 7 rings (SSSR count). The number of aromatic nitrogens is 4. The van der Waals surface area contributed by atoms with Crippen LogP contribution in [0.25, 0.3) is 17.5 Å². The maximum absolute atomic E-state index is 13.6. The maximum atomic E-state index is 13.6. The first kappa shape index (κ1) is 47.0. The number of nitrogens with one attached hydrogen (secondary N) is 3. The molecule has 0 spiro atoms. The Hall–Kier alpha value is -8.02. The van der Waals surface area contributed by atoms with Gasteiger partial charge in [-0.25, -0.2) is 0 Å². The first-order chi connectivity index (χ1) is 32.4. The third-order valence-electron chi connectivity index (χ3n) is 11.1. The molecule has 3 N–H and O–H groups in total. The maximum Gasteiger partial charge on any atom is 0.264 e. The van der Waals surface area contributed by atoms with Crippen molar-refractivity contribution in [3.63, 3.8) is 0 Å². The minimum absolute atomic E-state index is 0.0103. The second-order valence-electron chi connectivity index (χ2n) is 15.8. The lowest BCUT2D eigenvalue weighted by Gasteiger charge is -2.27. The number of pyridine rings is 1. The Labute approximate surface area is 386 Å². The summed E-state index contributed by atoms with van der Waals surface area (Å²) in [5.41, 5.74) is 4.20. The molecule has 2 aliphatic rings. The van der Waals surface area contributed by atoms with Crippen molar-refractivity contribution in [1.82, 2.24) is 35.5 Å². The first-order valence-electron chi connectivity index (χ1n) is 22.0. The molecule has 5 aromatic rings. The zero-order valence-corrected chi connectivity index (χ0v) is 37.3. The molecule has 0 bridgehead atoms. The third-order valence-corrected chi connectivity index (χ3v) is 11.1. The SMILES string of the molecule is CCOc1cc(C(=O)/C=C/c2ccccc2OCc2ccc(-c3cn(CCCCCC(=O)Nc4cccc5c4C(=O)N(C4CCC(=O)NC4=O)C5=O)nn3)nc2)c(CCNC(C)=O)cc1OC. The molecule has 0 aliphatic carbocycles. The Kier molecular flexibility index (Phi) is 15.3. The molecule has 18 nitrogen and oxygen atoms in total. The number of hydrogen-bond acceptors (Lipinski definition) is 13. The van der Waals surface area contributed by atoms with Crippen LogP contribution in [0.15, 0.2) is 85.2 Å². The number of carbonyl (C=O) groups excluding carboxylic acids is 7. The fourth-order valence-electron chi connectivity index (χ4n) is 7.76. The standard InChI is InChI=1S/C49H50N8O10/c1-4-66-43-26-35(33(25-42(43)65-3)22-23-50-30(2)58)40(59)20-17-32-11-7-8-14-41(32)67-29-31-16-18-36(51-27-31)38-28-56(55-54-38)24-9-5-6-15-44(60)52-37-13-10-12-34-46(37)49(64)57(48(34)63)39-19-21-45(61)53-47(39)62/h7-8,10-14,16-18,20,25-28,39H,4-6,9,15,19,21-24,29H2,1-3H3,(H,50,58)(H,52,60)(H,53,61,62)/b20-17+. The number of imide groups is 2. The van der Waals surface area contributed by atoms with Gasteiger partial charge in [0, 0.05) is 55.7 Å². The van der Waals surface area contributed by atoms with Gasteiger partial charge in [0.1, 0.15) is 24.1 Å². The van der Waals surface area contributed by atoms with Crippen LogP contribution in [-0.2, 0) is 38.8 Å². The van der Waals surface area contributed by atoms with E-state index in [2.05, 4.69) is 31.2 Å². The highest BCUT2D eigenvalue weighted by Crippen LogP contribution is 2.34. The fraction of sp³-hybridized carbons (Fsp3) is 0.306. The Balaban J connectivity index is 0.874. The van der Waals surface area contributed by atoms with Gasteiger partial charge in [-0.05, 0) is 86.7 Å². The smallest absolute Gasteiger partial charge is 0.264 e. The molecule has 1 fully saturated rings. The van der Waals surface area contributed by atoms with Crippen molar-refractivity contribution in [3.8, 4) is 28.6 Å². The number of ether oxygens (including phenoxy) is 3. The van der Waals surface area contributed by atoms with Gasteiger partial charge in [-0.2, -0.15) is 0 Å². The molecule has 1 atom stereocenters. The number of methoxy groups -OCH3 is 1. The van der Waals surface area contributed by atoms with E-state index in [1.807, 2.05) is 43.3 Å². The summed E-state index contributed by atoms with van der Waals surface area (Å²) in [6.45, 7) is 4.81. The molecule has 67 heavy (non-hydrogen) atoms. The number of unbranched alkanes of at least 4 members (excludes halogenated alkanes) is 2. The number of allylic oxidation sites excluding steroid dienone is 1. The predicted molar refractivity (Wildman–Crippen MR) is 244 cm³/mol. The van der Waals surface area contributed by atoms with Crippen molar-refractivity contribution >= 4 is 53.0 Å².